The molecule has 0 unspecified atom stereocenters. The van der Waals surface area contributed by atoms with Gasteiger partial charge in [-0.1, -0.05) is 36.4 Å². The predicted octanol–water partition coefficient (Wildman–Crippen LogP) is 6.37. The van der Waals surface area contributed by atoms with Crippen molar-refractivity contribution in [1.29, 1.82) is 0 Å². The maximum Gasteiger partial charge on any atom is 0.416 e. The number of aromatic nitrogens is 1. The number of allylic oxidation sites excluding steroid dienone is 1. The Hall–Kier alpha value is -4.46. The van der Waals surface area contributed by atoms with Crippen LogP contribution in [0.3, 0.4) is 0 Å². The summed E-state index contributed by atoms with van der Waals surface area (Å²) < 4.78 is 40.0. The third-order valence-electron chi connectivity index (χ3n) is 5.30. The van der Waals surface area contributed by atoms with Crippen LogP contribution in [0, 0.1) is 0 Å². The average molecular weight is 475 g/mol. The van der Waals surface area contributed by atoms with Gasteiger partial charge < -0.3 is 11.1 Å². The number of hydrogen-bond donors (Lipinski definition) is 2. The topological polar surface area (TPSA) is 85.1 Å². The van der Waals surface area contributed by atoms with Gasteiger partial charge in [-0.3, -0.25) is 9.59 Å². The van der Waals surface area contributed by atoms with Crippen molar-refractivity contribution in [1.82, 2.24) is 4.98 Å². The molecule has 1 amide bonds. The number of nitrogens with two attached hydrogens (primary N) is 1. The molecule has 0 bridgehead atoms. The quantitative estimate of drug-likeness (QED) is 0.318. The largest absolute Gasteiger partial charge is 0.416 e. The summed E-state index contributed by atoms with van der Waals surface area (Å²) in [4.78, 5) is 28.4. The van der Waals surface area contributed by atoms with Crippen molar-refractivity contribution in [2.24, 2.45) is 5.73 Å². The molecule has 3 aromatic carbocycles. The summed E-state index contributed by atoms with van der Waals surface area (Å²) in [6.07, 6.45) is -1.61. The van der Waals surface area contributed by atoms with Crippen LogP contribution < -0.4 is 11.1 Å². The molecule has 5 nitrogen and oxygen atoms in total. The first-order valence-corrected chi connectivity index (χ1v) is 10.6. The van der Waals surface area contributed by atoms with Crippen LogP contribution in [-0.2, 0) is 11.0 Å². The summed E-state index contributed by atoms with van der Waals surface area (Å²) in [5.41, 5.74) is 7.63. The molecule has 0 aliphatic rings. The molecule has 35 heavy (non-hydrogen) atoms. The van der Waals surface area contributed by atoms with Gasteiger partial charge in [0.05, 0.1) is 22.5 Å². The Morgan fingerprint density at radius 1 is 0.971 bits per heavy atom. The maximum absolute atomic E-state index is 13.3. The second kappa shape index (κ2) is 9.42. The highest BCUT2D eigenvalue weighted by molar-refractivity contribution is 6.06. The first-order chi connectivity index (χ1) is 16.6. The Labute approximate surface area is 199 Å². The number of hydrogen-bond acceptors (Lipinski definition) is 4. The lowest BCUT2D eigenvalue weighted by Crippen LogP contribution is -2.11. The Balaban J connectivity index is 2.04. The molecule has 0 spiro atoms. The van der Waals surface area contributed by atoms with E-state index < -0.39 is 17.6 Å². The smallest absolute Gasteiger partial charge is 0.366 e. The number of ketones is 1. The minimum atomic E-state index is -4.52. The number of anilines is 2. The summed E-state index contributed by atoms with van der Waals surface area (Å²) in [7, 11) is 0. The summed E-state index contributed by atoms with van der Waals surface area (Å²) >= 11 is 0. The highest BCUT2D eigenvalue weighted by atomic mass is 19.4. The molecule has 4 rings (SSSR count). The van der Waals surface area contributed by atoms with Crippen LogP contribution in [0.15, 0.2) is 78.9 Å². The fraction of sp³-hybridized carbons (Fsp3) is 0.0741. The van der Waals surface area contributed by atoms with Gasteiger partial charge in [-0.05, 0) is 55.5 Å². The number of carbonyl (C=O) groups excluding carboxylic acids is 2. The number of amides is 1. The van der Waals surface area contributed by atoms with Gasteiger partial charge in [0, 0.05) is 27.8 Å². The lowest BCUT2D eigenvalue weighted by molar-refractivity contribution is -0.137. The number of halogens is 3. The van der Waals surface area contributed by atoms with Crippen LogP contribution in [0.1, 0.15) is 28.4 Å². The first-order valence-electron chi connectivity index (χ1n) is 10.6. The van der Waals surface area contributed by atoms with E-state index in [1.54, 1.807) is 12.1 Å². The van der Waals surface area contributed by atoms with E-state index in [4.69, 9.17) is 10.7 Å². The number of fused-ring (bicyclic) bond motifs is 1. The van der Waals surface area contributed by atoms with Crippen LogP contribution in [0.5, 0.6) is 0 Å². The molecular formula is C27H20F3N3O2. The SMILES string of the molecule is CC(=O)/C=C/c1c(-c2ccccc2)nc2ccc(C(N)=O)cc2c1Nc1cccc(C(F)(F)F)c1. The number of benzene rings is 3. The molecule has 176 valence electrons. The maximum atomic E-state index is 13.3. The van der Waals surface area contributed by atoms with Gasteiger partial charge >= 0.3 is 6.18 Å². The molecule has 0 saturated heterocycles. The Morgan fingerprint density at radius 2 is 1.71 bits per heavy atom. The normalized spacial score (nSPS) is 11.7. The van der Waals surface area contributed by atoms with Crippen molar-refractivity contribution in [3.63, 3.8) is 0 Å². The van der Waals surface area contributed by atoms with Gasteiger partial charge in [0.15, 0.2) is 5.78 Å². The highest BCUT2D eigenvalue weighted by Gasteiger charge is 2.30. The van der Waals surface area contributed by atoms with E-state index in [9.17, 15) is 22.8 Å². The Kier molecular flexibility index (Phi) is 6.38. The number of nitrogens with zero attached hydrogens (tertiary/aromatic N) is 1. The third-order valence-corrected chi connectivity index (χ3v) is 5.30. The molecule has 4 aromatic rings. The summed E-state index contributed by atoms with van der Waals surface area (Å²) in [5, 5.41) is 3.53. The molecule has 1 heterocycles. The second-order valence-electron chi connectivity index (χ2n) is 7.86. The van der Waals surface area contributed by atoms with Crippen molar-refractivity contribution < 1.29 is 22.8 Å². The number of rotatable bonds is 6. The molecule has 0 aliphatic carbocycles. The van der Waals surface area contributed by atoms with E-state index in [0.29, 0.717) is 27.8 Å². The highest BCUT2D eigenvalue weighted by Crippen LogP contribution is 2.38. The number of carbonyl (C=O) groups is 2. The molecule has 0 atom stereocenters. The van der Waals surface area contributed by atoms with Crippen LogP contribution in [0.25, 0.3) is 28.2 Å². The lowest BCUT2D eigenvalue weighted by Gasteiger charge is -2.18. The molecule has 0 aliphatic heterocycles. The number of pyridine rings is 1. The summed E-state index contributed by atoms with van der Waals surface area (Å²) in [5.74, 6) is -0.884. The van der Waals surface area contributed by atoms with E-state index >= 15 is 0 Å². The van der Waals surface area contributed by atoms with Crippen molar-refractivity contribution >= 4 is 40.0 Å². The van der Waals surface area contributed by atoms with Gasteiger partial charge in [0.2, 0.25) is 5.91 Å². The standard InChI is InChI=1S/C27H20F3N3O2/c1-16(34)10-12-21-24(17-6-3-2-4-7-17)33-23-13-11-18(26(31)35)14-22(23)25(21)32-20-9-5-8-19(15-20)27(28,29)30/h2-15H,1H3,(H2,31,35)(H,32,33)/b12-10+. The minimum Gasteiger partial charge on any atom is -0.366 e. The lowest BCUT2D eigenvalue weighted by atomic mass is 9.98. The van der Waals surface area contributed by atoms with Crippen molar-refractivity contribution in [2.45, 2.75) is 13.1 Å². The monoisotopic (exact) mass is 475 g/mol. The van der Waals surface area contributed by atoms with E-state index in [0.717, 1.165) is 17.7 Å². The van der Waals surface area contributed by atoms with Gasteiger partial charge in [0.1, 0.15) is 0 Å². The van der Waals surface area contributed by atoms with Crippen LogP contribution in [-0.4, -0.2) is 16.7 Å². The van der Waals surface area contributed by atoms with Gasteiger partial charge in [-0.2, -0.15) is 13.2 Å². The van der Waals surface area contributed by atoms with Gasteiger partial charge in [0.25, 0.3) is 0 Å². The number of primary amides is 1. The van der Waals surface area contributed by atoms with Gasteiger partial charge in [-0.15, -0.1) is 0 Å². The summed E-state index contributed by atoms with van der Waals surface area (Å²) in [6, 6.07) is 18.6. The zero-order valence-electron chi connectivity index (χ0n) is 18.6. The summed E-state index contributed by atoms with van der Waals surface area (Å²) in [6.45, 7) is 1.39. The first kappa shape index (κ1) is 23.7. The Bertz CT molecular complexity index is 1460. The fourth-order valence-electron chi connectivity index (χ4n) is 3.66. The van der Waals surface area contributed by atoms with Crippen molar-refractivity contribution in [3.8, 4) is 11.3 Å². The zero-order chi connectivity index (χ0) is 25.2. The molecule has 0 saturated carbocycles. The van der Waals surface area contributed by atoms with Crippen LogP contribution in [0.4, 0.5) is 24.5 Å². The average Bonchev–Trinajstić information content (AvgIpc) is 2.82. The van der Waals surface area contributed by atoms with E-state index in [-0.39, 0.29) is 17.0 Å². The van der Waals surface area contributed by atoms with E-state index in [2.05, 4.69) is 5.32 Å². The molecule has 1 aromatic heterocycles. The number of nitrogens with one attached hydrogen (secondary N) is 1. The predicted molar refractivity (Wildman–Crippen MR) is 130 cm³/mol. The van der Waals surface area contributed by atoms with Crippen LogP contribution in [0.2, 0.25) is 0 Å². The van der Waals surface area contributed by atoms with Crippen LogP contribution >= 0.6 is 0 Å². The minimum absolute atomic E-state index is 0.174. The fourth-order valence-corrected chi connectivity index (χ4v) is 3.66. The Morgan fingerprint density at radius 3 is 2.37 bits per heavy atom. The van der Waals surface area contributed by atoms with Crippen molar-refractivity contribution in [2.75, 3.05) is 5.32 Å². The third kappa shape index (κ3) is 5.22. The second-order valence-corrected chi connectivity index (χ2v) is 7.86. The molecule has 8 heteroatoms. The van der Waals surface area contributed by atoms with Crippen molar-refractivity contribution in [3.05, 3.63) is 95.6 Å². The molecule has 3 N–H and O–H groups in total. The molecule has 0 fully saturated rings. The zero-order valence-corrected chi connectivity index (χ0v) is 18.6. The van der Waals surface area contributed by atoms with E-state index in [1.165, 1.54) is 37.3 Å². The number of alkyl halides is 3. The van der Waals surface area contributed by atoms with Gasteiger partial charge in [-0.25, -0.2) is 4.98 Å². The molecular weight excluding hydrogens is 455 g/mol. The van der Waals surface area contributed by atoms with E-state index in [1.807, 2.05) is 30.3 Å². The molecule has 0 radical (unpaired) electrons.